The van der Waals surface area contributed by atoms with Crippen molar-refractivity contribution in [3.63, 3.8) is 0 Å². The fraction of sp³-hybridized carbons (Fsp3) is 0.485. The maximum Gasteiger partial charge on any atom is 0.341 e. The molecule has 0 aliphatic rings. The maximum atomic E-state index is 11.2. The van der Waals surface area contributed by atoms with Crippen molar-refractivity contribution in [2.45, 2.75) is 96.8 Å². The first kappa shape index (κ1) is 29.2. The molecule has 37 heavy (non-hydrogen) atoms. The molecule has 3 nitrogen and oxygen atoms in total. The molecule has 0 atom stereocenters. The van der Waals surface area contributed by atoms with Crippen LogP contribution >= 0.6 is 15.9 Å². The van der Waals surface area contributed by atoms with Crippen molar-refractivity contribution in [3.8, 4) is 5.75 Å². The molecule has 0 aliphatic carbocycles. The number of benzene rings is 3. The maximum absolute atomic E-state index is 11.2. The van der Waals surface area contributed by atoms with Crippen molar-refractivity contribution in [1.82, 2.24) is 0 Å². The Balaban J connectivity index is 1.54. The smallest absolute Gasteiger partial charge is 0.341 e. The Labute approximate surface area is 231 Å². The summed E-state index contributed by atoms with van der Waals surface area (Å²) in [7, 11) is 0. The van der Waals surface area contributed by atoms with Gasteiger partial charge in [0.25, 0.3) is 0 Å². The van der Waals surface area contributed by atoms with Gasteiger partial charge in [0.2, 0.25) is 0 Å². The molecular formula is C33H43BrO3. The molecule has 0 unspecified atom stereocenters. The molecule has 4 heteroatoms. The Morgan fingerprint density at radius 1 is 0.784 bits per heavy atom. The number of carbonyl (C=O) groups is 1. The van der Waals surface area contributed by atoms with Crippen LogP contribution in [0.5, 0.6) is 5.75 Å². The number of hydrogen-bond acceptors (Lipinski definition) is 2. The van der Waals surface area contributed by atoms with Gasteiger partial charge in [-0.05, 0) is 62.8 Å². The molecular weight excluding hydrogens is 524 g/mol. The highest BCUT2D eigenvalue weighted by molar-refractivity contribution is 9.10. The van der Waals surface area contributed by atoms with Crippen LogP contribution < -0.4 is 4.74 Å². The van der Waals surface area contributed by atoms with Gasteiger partial charge in [0.1, 0.15) is 5.75 Å². The molecule has 0 heterocycles. The third-order valence-electron chi connectivity index (χ3n) is 7.07. The minimum atomic E-state index is -0.974. The van der Waals surface area contributed by atoms with E-state index >= 15 is 0 Å². The van der Waals surface area contributed by atoms with E-state index in [9.17, 15) is 9.90 Å². The summed E-state index contributed by atoms with van der Waals surface area (Å²) in [5.41, 5.74) is 3.47. The Morgan fingerprint density at radius 2 is 1.41 bits per heavy atom. The van der Waals surface area contributed by atoms with Gasteiger partial charge >= 0.3 is 5.97 Å². The van der Waals surface area contributed by atoms with Crippen LogP contribution in [-0.2, 0) is 17.6 Å². The van der Waals surface area contributed by atoms with E-state index in [1.54, 1.807) is 0 Å². The minimum absolute atomic E-state index is 0.357. The monoisotopic (exact) mass is 566 g/mol. The third kappa shape index (κ3) is 10.2. The topological polar surface area (TPSA) is 46.5 Å². The zero-order valence-electron chi connectivity index (χ0n) is 22.4. The number of fused-ring (bicyclic) bond motifs is 1. The van der Waals surface area contributed by atoms with Gasteiger partial charge in [-0.2, -0.15) is 0 Å². The van der Waals surface area contributed by atoms with Crippen LogP contribution in [0, 0.1) is 0 Å². The van der Waals surface area contributed by atoms with Gasteiger partial charge in [-0.25, -0.2) is 4.79 Å². The van der Waals surface area contributed by atoms with Gasteiger partial charge in [0, 0.05) is 12.0 Å². The molecule has 0 fully saturated rings. The Kier molecular flexibility index (Phi) is 13.0. The Morgan fingerprint density at radius 3 is 2.03 bits per heavy atom. The van der Waals surface area contributed by atoms with E-state index in [1.165, 1.54) is 82.6 Å². The first-order valence-electron chi connectivity index (χ1n) is 14.2. The predicted molar refractivity (Wildman–Crippen MR) is 159 cm³/mol. The van der Waals surface area contributed by atoms with E-state index in [4.69, 9.17) is 4.74 Å². The average molecular weight is 568 g/mol. The normalized spacial score (nSPS) is 11.2. The molecule has 3 aromatic rings. The summed E-state index contributed by atoms with van der Waals surface area (Å²) < 4.78 is 6.62. The summed E-state index contributed by atoms with van der Waals surface area (Å²) in [6.45, 7) is 1.92. The van der Waals surface area contributed by atoms with Crippen LogP contribution in [0.2, 0.25) is 0 Å². The standard InChI is InChI=1S/C33H43BrO3/c1-2-3-4-5-6-7-8-9-10-11-12-14-19-27-20-21-28-24-29(22-26-17-15-13-16-18-26)33(37-25-31(35)36)32(34)30(28)23-27/h13,15-18,20-21,23-24H,2-12,14,19,22,25H2,1H3,(H,35,36). The van der Waals surface area contributed by atoms with Gasteiger partial charge in [0.05, 0.1) is 4.47 Å². The first-order valence-corrected chi connectivity index (χ1v) is 15.0. The van der Waals surface area contributed by atoms with Gasteiger partial charge in [-0.3, -0.25) is 0 Å². The molecule has 0 saturated heterocycles. The highest BCUT2D eigenvalue weighted by Crippen LogP contribution is 2.38. The number of rotatable bonds is 18. The number of unbranched alkanes of at least 4 members (excludes halogenated alkanes) is 11. The molecule has 0 amide bonds. The fourth-order valence-electron chi connectivity index (χ4n) is 5.00. The van der Waals surface area contributed by atoms with Crippen LogP contribution in [0.3, 0.4) is 0 Å². The fourth-order valence-corrected chi connectivity index (χ4v) is 5.71. The van der Waals surface area contributed by atoms with Crippen LogP contribution in [0.25, 0.3) is 10.8 Å². The highest BCUT2D eigenvalue weighted by Gasteiger charge is 2.15. The lowest BCUT2D eigenvalue weighted by Gasteiger charge is -2.16. The lowest BCUT2D eigenvalue weighted by molar-refractivity contribution is -0.139. The molecule has 3 aromatic carbocycles. The zero-order chi connectivity index (χ0) is 26.3. The van der Waals surface area contributed by atoms with Crippen molar-refractivity contribution in [2.24, 2.45) is 0 Å². The number of halogens is 1. The van der Waals surface area contributed by atoms with Crippen LogP contribution in [0.4, 0.5) is 0 Å². The predicted octanol–water partition coefficient (Wildman–Crippen LogP) is 9.90. The number of aliphatic carboxylic acids is 1. The number of carboxylic acids is 1. The summed E-state index contributed by atoms with van der Waals surface area (Å²) in [5, 5.41) is 11.4. The van der Waals surface area contributed by atoms with Crippen molar-refractivity contribution in [3.05, 3.63) is 75.8 Å². The van der Waals surface area contributed by atoms with Crippen LogP contribution in [0.15, 0.2) is 59.1 Å². The van der Waals surface area contributed by atoms with E-state index in [0.717, 1.165) is 32.8 Å². The van der Waals surface area contributed by atoms with Crippen molar-refractivity contribution >= 4 is 32.7 Å². The number of ether oxygens (including phenoxy) is 1. The molecule has 0 radical (unpaired) electrons. The summed E-state index contributed by atoms with van der Waals surface area (Å²) in [4.78, 5) is 11.2. The lowest BCUT2D eigenvalue weighted by atomic mass is 9.97. The zero-order valence-corrected chi connectivity index (χ0v) is 24.0. The molecule has 200 valence electrons. The van der Waals surface area contributed by atoms with Crippen LogP contribution in [0.1, 0.15) is 101 Å². The quantitative estimate of drug-likeness (QED) is 0.156. The summed E-state index contributed by atoms with van der Waals surface area (Å²) in [6.07, 6.45) is 18.0. The molecule has 0 aromatic heterocycles. The molecule has 3 rings (SSSR count). The third-order valence-corrected chi connectivity index (χ3v) is 7.86. The van der Waals surface area contributed by atoms with E-state index in [2.05, 4.69) is 59.3 Å². The molecule has 1 N–H and O–H groups in total. The Bertz CT molecular complexity index is 1090. The van der Waals surface area contributed by atoms with Gasteiger partial charge in [-0.1, -0.05) is 120 Å². The van der Waals surface area contributed by atoms with Crippen molar-refractivity contribution < 1.29 is 14.6 Å². The second-order valence-electron chi connectivity index (χ2n) is 10.2. The van der Waals surface area contributed by atoms with E-state index in [-0.39, 0.29) is 6.61 Å². The lowest BCUT2D eigenvalue weighted by Crippen LogP contribution is -2.11. The van der Waals surface area contributed by atoms with Gasteiger partial charge in [0.15, 0.2) is 6.61 Å². The van der Waals surface area contributed by atoms with Gasteiger partial charge in [-0.15, -0.1) is 0 Å². The van der Waals surface area contributed by atoms with E-state index in [0.29, 0.717) is 12.2 Å². The second kappa shape index (κ2) is 16.5. The second-order valence-corrected chi connectivity index (χ2v) is 11.0. The van der Waals surface area contributed by atoms with E-state index < -0.39 is 5.97 Å². The number of hydrogen-bond donors (Lipinski definition) is 1. The minimum Gasteiger partial charge on any atom is -0.480 e. The van der Waals surface area contributed by atoms with Crippen LogP contribution in [-0.4, -0.2) is 17.7 Å². The molecule has 0 bridgehead atoms. The molecule has 0 saturated carbocycles. The largest absolute Gasteiger partial charge is 0.480 e. The molecule has 0 aliphatic heterocycles. The summed E-state index contributed by atoms with van der Waals surface area (Å²) in [5.74, 6) is -0.348. The number of carboxylic acid groups (broad SMARTS) is 1. The van der Waals surface area contributed by atoms with E-state index in [1.807, 2.05) is 18.2 Å². The summed E-state index contributed by atoms with van der Waals surface area (Å²) >= 11 is 3.75. The molecule has 0 spiro atoms. The highest BCUT2D eigenvalue weighted by atomic mass is 79.9. The summed E-state index contributed by atoms with van der Waals surface area (Å²) in [6, 6.07) is 19.0. The average Bonchev–Trinajstić information content (AvgIpc) is 2.90. The van der Waals surface area contributed by atoms with Gasteiger partial charge < -0.3 is 9.84 Å². The SMILES string of the molecule is CCCCCCCCCCCCCCc1ccc2cc(Cc3ccccc3)c(OCC(=O)O)c(Br)c2c1. The number of aryl methyl sites for hydroxylation is 1. The Hall–Kier alpha value is -2.33. The first-order chi connectivity index (χ1) is 18.1. The van der Waals surface area contributed by atoms with Crippen molar-refractivity contribution in [1.29, 1.82) is 0 Å². The van der Waals surface area contributed by atoms with Crippen molar-refractivity contribution in [2.75, 3.05) is 6.61 Å².